The van der Waals surface area contributed by atoms with Gasteiger partial charge in [0.1, 0.15) is 6.79 Å². The molecule has 0 spiro atoms. The van der Waals surface area contributed by atoms with E-state index >= 15 is 0 Å². The average molecular weight is 425 g/mol. The summed E-state index contributed by atoms with van der Waals surface area (Å²) in [6.07, 6.45) is 9.63. The lowest BCUT2D eigenvalue weighted by molar-refractivity contribution is -0.116. The fourth-order valence-electron chi connectivity index (χ4n) is 4.22. The second kappa shape index (κ2) is 14.2. The second-order valence-electron chi connectivity index (χ2n) is 8.31. The normalized spacial score (nSPS) is 21.5. The maximum atomic E-state index is 9.77. The van der Waals surface area contributed by atoms with Crippen LogP contribution in [0.5, 0.6) is 0 Å². The second-order valence-corrected chi connectivity index (χ2v) is 8.31. The number of ether oxygens (including phenoxy) is 3. The first-order valence-electron chi connectivity index (χ1n) is 11.5. The van der Waals surface area contributed by atoms with E-state index in [2.05, 4.69) is 36.4 Å². The molecule has 0 unspecified atom stereocenters. The van der Waals surface area contributed by atoms with Crippen LogP contribution in [-0.2, 0) is 27.4 Å². The van der Waals surface area contributed by atoms with Crippen molar-refractivity contribution in [3.8, 4) is 0 Å². The predicted molar refractivity (Wildman–Crippen MR) is 123 cm³/mol. The smallest absolute Gasteiger partial charge is 0.147 e. The van der Waals surface area contributed by atoms with Crippen LogP contribution in [0.15, 0.2) is 72.8 Å². The molecule has 1 aliphatic carbocycles. The molecule has 0 radical (unpaired) electrons. The minimum absolute atomic E-state index is 0.224. The lowest BCUT2D eigenvalue weighted by atomic mass is 9.76. The third kappa shape index (κ3) is 8.96. The van der Waals surface area contributed by atoms with Gasteiger partial charge in [-0.05, 0) is 55.1 Å². The van der Waals surface area contributed by atoms with Gasteiger partial charge in [-0.1, -0.05) is 72.8 Å². The molecule has 4 nitrogen and oxygen atoms in total. The van der Waals surface area contributed by atoms with Crippen LogP contribution >= 0.6 is 0 Å². The van der Waals surface area contributed by atoms with Crippen LogP contribution in [0.4, 0.5) is 0 Å². The quantitative estimate of drug-likeness (QED) is 0.262. The van der Waals surface area contributed by atoms with Crippen LogP contribution in [-0.4, -0.2) is 31.2 Å². The van der Waals surface area contributed by atoms with Crippen molar-refractivity contribution in [1.82, 2.24) is 0 Å². The summed E-state index contributed by atoms with van der Waals surface area (Å²) >= 11 is 0. The number of benzene rings is 2. The third-order valence-electron chi connectivity index (χ3n) is 6.02. The largest absolute Gasteiger partial charge is 0.396 e. The summed E-state index contributed by atoms with van der Waals surface area (Å²) in [5.74, 6) is 0.876. The highest BCUT2D eigenvalue weighted by atomic mass is 16.7. The molecule has 0 bridgehead atoms. The summed E-state index contributed by atoms with van der Waals surface area (Å²) in [5, 5.41) is 9.77. The van der Waals surface area contributed by atoms with Crippen molar-refractivity contribution in [2.75, 3.05) is 20.0 Å². The number of aliphatic hydroxyl groups excluding tert-OH is 1. The van der Waals surface area contributed by atoms with Crippen LogP contribution in [0.2, 0.25) is 0 Å². The molecule has 3 rings (SSSR count). The van der Waals surface area contributed by atoms with E-state index in [-0.39, 0.29) is 12.7 Å². The van der Waals surface area contributed by atoms with Crippen LogP contribution in [0.25, 0.3) is 0 Å². The Morgan fingerprint density at radius 1 is 0.806 bits per heavy atom. The summed E-state index contributed by atoms with van der Waals surface area (Å²) in [6.45, 7) is 2.45. The number of aliphatic hydroxyl groups is 1. The molecule has 0 amide bonds. The van der Waals surface area contributed by atoms with Gasteiger partial charge in [0.15, 0.2) is 0 Å². The van der Waals surface area contributed by atoms with E-state index in [1.165, 1.54) is 5.56 Å². The van der Waals surface area contributed by atoms with Crippen LogP contribution in [0, 0.1) is 11.8 Å². The molecule has 31 heavy (non-hydrogen) atoms. The van der Waals surface area contributed by atoms with Gasteiger partial charge in [-0.3, -0.25) is 0 Å². The molecule has 168 valence electrons. The maximum Gasteiger partial charge on any atom is 0.147 e. The molecule has 1 aliphatic rings. The number of hydrogen-bond acceptors (Lipinski definition) is 4. The number of rotatable bonds is 13. The standard InChI is InChI=1S/C27H36O4/c28-19-26-15-16-27(31-22-30-21-24-12-6-2-7-13-24)18-25(26)14-8-3-9-17-29-20-23-10-4-1-5-11-23/h1-7,9-13,25-28H,8,14-22H2/b9-3-/t25-,26+,27-/m0/s1. The lowest BCUT2D eigenvalue weighted by Gasteiger charge is -2.35. The average Bonchev–Trinajstić information content (AvgIpc) is 2.83. The Hall–Kier alpha value is -1.98. The van der Waals surface area contributed by atoms with Crippen molar-refractivity contribution in [3.05, 3.63) is 83.9 Å². The zero-order valence-corrected chi connectivity index (χ0v) is 18.4. The van der Waals surface area contributed by atoms with Crippen molar-refractivity contribution in [2.45, 2.75) is 51.4 Å². The van der Waals surface area contributed by atoms with E-state index in [1.54, 1.807) is 0 Å². The summed E-state index contributed by atoms with van der Waals surface area (Å²) in [6, 6.07) is 20.4. The molecule has 0 aromatic heterocycles. The van der Waals surface area contributed by atoms with E-state index in [4.69, 9.17) is 14.2 Å². The monoisotopic (exact) mass is 424 g/mol. The van der Waals surface area contributed by atoms with Gasteiger partial charge >= 0.3 is 0 Å². The van der Waals surface area contributed by atoms with Gasteiger partial charge in [0.25, 0.3) is 0 Å². The summed E-state index contributed by atoms with van der Waals surface area (Å²) in [5.41, 5.74) is 2.36. The van der Waals surface area contributed by atoms with Gasteiger partial charge in [0.2, 0.25) is 0 Å². The van der Waals surface area contributed by atoms with Crippen molar-refractivity contribution < 1.29 is 19.3 Å². The Morgan fingerprint density at radius 3 is 2.16 bits per heavy atom. The molecule has 4 heteroatoms. The first kappa shape index (κ1) is 23.7. The fraction of sp³-hybridized carbons (Fsp3) is 0.481. The van der Waals surface area contributed by atoms with Gasteiger partial charge in [-0.15, -0.1) is 0 Å². The lowest BCUT2D eigenvalue weighted by Crippen LogP contribution is -2.32. The zero-order valence-electron chi connectivity index (χ0n) is 18.4. The third-order valence-corrected chi connectivity index (χ3v) is 6.02. The first-order chi connectivity index (χ1) is 15.3. The molecular weight excluding hydrogens is 388 g/mol. The van der Waals surface area contributed by atoms with E-state index in [0.717, 1.165) is 37.7 Å². The fourth-order valence-corrected chi connectivity index (χ4v) is 4.22. The minimum Gasteiger partial charge on any atom is -0.396 e. The van der Waals surface area contributed by atoms with Gasteiger partial charge in [-0.25, -0.2) is 0 Å². The van der Waals surface area contributed by atoms with Crippen molar-refractivity contribution in [1.29, 1.82) is 0 Å². The molecule has 3 atom stereocenters. The Bertz CT molecular complexity index is 731. The molecule has 0 saturated heterocycles. The van der Waals surface area contributed by atoms with Gasteiger partial charge < -0.3 is 19.3 Å². The Labute approximate surface area is 186 Å². The SMILES string of the molecule is OC[C@H]1CC[C@H](OCOCc2ccccc2)C[C@@H]1CC/C=C\COCc1ccccc1. The Balaban J connectivity index is 1.30. The Morgan fingerprint density at radius 2 is 1.48 bits per heavy atom. The van der Waals surface area contributed by atoms with Gasteiger partial charge in [0.05, 0.1) is 25.9 Å². The molecule has 1 fully saturated rings. The summed E-state index contributed by atoms with van der Waals surface area (Å²) in [4.78, 5) is 0. The molecule has 0 heterocycles. The molecule has 1 saturated carbocycles. The number of hydrogen-bond donors (Lipinski definition) is 1. The summed E-state index contributed by atoms with van der Waals surface area (Å²) < 4.78 is 17.4. The highest BCUT2D eigenvalue weighted by molar-refractivity contribution is 5.14. The van der Waals surface area contributed by atoms with Crippen LogP contribution in [0.1, 0.15) is 43.2 Å². The van der Waals surface area contributed by atoms with Gasteiger partial charge in [-0.2, -0.15) is 0 Å². The highest BCUT2D eigenvalue weighted by Crippen LogP contribution is 2.34. The first-order valence-corrected chi connectivity index (χ1v) is 11.5. The summed E-state index contributed by atoms with van der Waals surface area (Å²) in [7, 11) is 0. The van der Waals surface area contributed by atoms with E-state index in [0.29, 0.717) is 38.4 Å². The highest BCUT2D eigenvalue weighted by Gasteiger charge is 2.30. The van der Waals surface area contributed by atoms with Crippen molar-refractivity contribution in [2.24, 2.45) is 11.8 Å². The predicted octanol–water partition coefficient (Wildman–Crippen LogP) is 5.51. The zero-order chi connectivity index (χ0) is 21.6. The Kier molecular flexibility index (Phi) is 10.8. The van der Waals surface area contributed by atoms with E-state index in [1.807, 2.05) is 36.4 Å². The molecule has 2 aromatic carbocycles. The number of allylic oxidation sites excluding steroid dienone is 1. The molecule has 2 aromatic rings. The maximum absolute atomic E-state index is 9.77. The van der Waals surface area contributed by atoms with E-state index in [9.17, 15) is 5.11 Å². The van der Waals surface area contributed by atoms with Crippen molar-refractivity contribution >= 4 is 0 Å². The topological polar surface area (TPSA) is 47.9 Å². The van der Waals surface area contributed by atoms with Crippen LogP contribution < -0.4 is 0 Å². The van der Waals surface area contributed by atoms with Crippen LogP contribution in [0.3, 0.4) is 0 Å². The van der Waals surface area contributed by atoms with Crippen molar-refractivity contribution in [3.63, 3.8) is 0 Å². The molecular formula is C27H36O4. The molecule has 1 N–H and O–H groups in total. The van der Waals surface area contributed by atoms with Gasteiger partial charge in [0, 0.05) is 6.61 Å². The minimum atomic E-state index is 0.224. The molecule has 0 aliphatic heterocycles. The van der Waals surface area contributed by atoms with E-state index < -0.39 is 0 Å².